The number of nitrogens with zero attached hydrogens (tertiary/aromatic N) is 4. The molecule has 2 aromatic rings. The number of carbonyl (C=O) groups excluding carboxylic acids is 1. The normalized spacial score (nSPS) is 19.0. The van der Waals surface area contributed by atoms with Crippen LogP contribution >= 0.6 is 0 Å². The van der Waals surface area contributed by atoms with Crippen LogP contribution in [0.25, 0.3) is 0 Å². The second-order valence-electron chi connectivity index (χ2n) is 5.78. The summed E-state index contributed by atoms with van der Waals surface area (Å²) >= 11 is 0. The van der Waals surface area contributed by atoms with Gasteiger partial charge in [0.05, 0.1) is 6.04 Å². The van der Waals surface area contributed by atoms with Gasteiger partial charge in [-0.3, -0.25) is 14.7 Å². The summed E-state index contributed by atoms with van der Waals surface area (Å²) in [5.41, 5.74) is 0.968. The molecular formula is C17H23N5O. The molecule has 6 nitrogen and oxygen atoms in total. The monoisotopic (exact) mass is 313 g/mol. The van der Waals surface area contributed by atoms with E-state index in [1.54, 1.807) is 12.4 Å². The van der Waals surface area contributed by atoms with E-state index < -0.39 is 0 Å². The van der Waals surface area contributed by atoms with Gasteiger partial charge in [0, 0.05) is 50.3 Å². The van der Waals surface area contributed by atoms with Crippen molar-refractivity contribution in [3.05, 3.63) is 48.3 Å². The van der Waals surface area contributed by atoms with Crippen LogP contribution in [0, 0.1) is 0 Å². The molecule has 1 atom stereocenters. The number of hydrogen-bond donors (Lipinski definition) is 1. The first-order valence-electron chi connectivity index (χ1n) is 8.19. The number of nitrogens with one attached hydrogen (secondary N) is 1. The topological polar surface area (TPSA) is 65.1 Å². The average molecular weight is 313 g/mol. The number of aromatic amines is 1. The maximum atomic E-state index is 12.5. The van der Waals surface area contributed by atoms with Gasteiger partial charge in [0.15, 0.2) is 0 Å². The minimum Gasteiger partial charge on any atom is -0.347 e. The lowest BCUT2D eigenvalue weighted by Crippen LogP contribution is -2.50. The molecule has 1 fully saturated rings. The van der Waals surface area contributed by atoms with Gasteiger partial charge in [-0.2, -0.15) is 0 Å². The summed E-state index contributed by atoms with van der Waals surface area (Å²) in [6, 6.07) is 5.97. The van der Waals surface area contributed by atoms with Crippen molar-refractivity contribution >= 4 is 5.91 Å². The molecule has 0 spiro atoms. The number of pyridine rings is 1. The lowest BCUT2D eigenvalue weighted by molar-refractivity contribution is -0.134. The van der Waals surface area contributed by atoms with Crippen molar-refractivity contribution in [3.8, 4) is 0 Å². The zero-order valence-electron chi connectivity index (χ0n) is 13.5. The van der Waals surface area contributed by atoms with E-state index in [0.717, 1.165) is 31.2 Å². The molecule has 0 bridgehead atoms. The highest BCUT2D eigenvalue weighted by atomic mass is 16.2. The predicted molar refractivity (Wildman–Crippen MR) is 87.7 cm³/mol. The number of amides is 1. The minimum absolute atomic E-state index is 0.155. The lowest BCUT2D eigenvalue weighted by atomic mass is 10.1. The molecule has 3 rings (SSSR count). The Labute approximate surface area is 136 Å². The molecule has 1 aliphatic heterocycles. The van der Waals surface area contributed by atoms with Crippen LogP contribution in [0.4, 0.5) is 0 Å². The fraction of sp³-hybridized carbons (Fsp3) is 0.471. The Kier molecular flexibility index (Phi) is 5.02. The van der Waals surface area contributed by atoms with Crippen LogP contribution in [0.5, 0.6) is 0 Å². The summed E-state index contributed by atoms with van der Waals surface area (Å²) < 4.78 is 0. The van der Waals surface area contributed by atoms with Crippen LogP contribution in [0.2, 0.25) is 0 Å². The number of aromatic nitrogens is 3. The zero-order valence-corrected chi connectivity index (χ0v) is 13.5. The van der Waals surface area contributed by atoms with Crippen LogP contribution in [-0.2, 0) is 11.2 Å². The maximum absolute atomic E-state index is 12.5. The van der Waals surface area contributed by atoms with Crippen LogP contribution in [-0.4, -0.2) is 56.8 Å². The Hall–Kier alpha value is -2.21. The van der Waals surface area contributed by atoms with Crippen LogP contribution in [0.3, 0.4) is 0 Å². The van der Waals surface area contributed by atoms with Crippen LogP contribution in [0.15, 0.2) is 36.8 Å². The Balaban J connectivity index is 1.60. The van der Waals surface area contributed by atoms with Gasteiger partial charge in [-0.05, 0) is 25.1 Å². The number of aryl methyl sites for hydroxylation is 1. The van der Waals surface area contributed by atoms with Gasteiger partial charge < -0.3 is 9.88 Å². The van der Waals surface area contributed by atoms with E-state index in [0.29, 0.717) is 19.4 Å². The first-order valence-corrected chi connectivity index (χ1v) is 8.19. The van der Waals surface area contributed by atoms with Gasteiger partial charge in [0.25, 0.3) is 0 Å². The van der Waals surface area contributed by atoms with E-state index in [1.165, 1.54) is 0 Å². The Morgan fingerprint density at radius 3 is 2.91 bits per heavy atom. The molecule has 1 N–H and O–H groups in total. The highest BCUT2D eigenvalue weighted by molar-refractivity contribution is 5.76. The number of imidazole rings is 1. The van der Waals surface area contributed by atoms with E-state index in [4.69, 9.17) is 0 Å². The van der Waals surface area contributed by atoms with Gasteiger partial charge >= 0.3 is 0 Å². The number of piperazine rings is 1. The summed E-state index contributed by atoms with van der Waals surface area (Å²) in [4.78, 5) is 28.7. The number of H-pyrrole nitrogens is 1. The molecule has 0 radical (unpaired) electrons. The SMILES string of the molecule is CCN1CCN(C(=O)CCc2ccccn2)C[C@@H]1c1ncc[nH]1. The van der Waals surface area contributed by atoms with Gasteiger partial charge in [-0.1, -0.05) is 13.0 Å². The molecule has 2 aromatic heterocycles. The summed E-state index contributed by atoms with van der Waals surface area (Å²) in [7, 11) is 0. The van der Waals surface area contributed by atoms with E-state index in [2.05, 4.69) is 26.8 Å². The van der Waals surface area contributed by atoms with Crippen molar-refractivity contribution in [1.29, 1.82) is 0 Å². The molecule has 1 saturated heterocycles. The Morgan fingerprint density at radius 2 is 2.22 bits per heavy atom. The first-order chi connectivity index (χ1) is 11.3. The lowest BCUT2D eigenvalue weighted by Gasteiger charge is -2.40. The van der Waals surface area contributed by atoms with Crippen molar-refractivity contribution in [3.63, 3.8) is 0 Å². The molecule has 122 valence electrons. The zero-order chi connectivity index (χ0) is 16.1. The molecular weight excluding hydrogens is 290 g/mol. The quantitative estimate of drug-likeness (QED) is 0.911. The highest BCUT2D eigenvalue weighted by Crippen LogP contribution is 2.23. The summed E-state index contributed by atoms with van der Waals surface area (Å²) in [5, 5.41) is 0. The molecule has 0 aliphatic carbocycles. The fourth-order valence-electron chi connectivity index (χ4n) is 3.08. The number of carbonyl (C=O) groups is 1. The third kappa shape index (κ3) is 3.76. The smallest absolute Gasteiger partial charge is 0.223 e. The molecule has 1 aliphatic rings. The molecule has 1 amide bonds. The Morgan fingerprint density at radius 1 is 1.30 bits per heavy atom. The van der Waals surface area contributed by atoms with E-state index in [9.17, 15) is 4.79 Å². The number of hydrogen-bond acceptors (Lipinski definition) is 4. The second kappa shape index (κ2) is 7.37. The molecule has 3 heterocycles. The third-order valence-electron chi connectivity index (χ3n) is 4.41. The van der Waals surface area contributed by atoms with Crippen molar-refractivity contribution in [1.82, 2.24) is 24.8 Å². The Bertz CT molecular complexity index is 613. The van der Waals surface area contributed by atoms with Gasteiger partial charge in [0.1, 0.15) is 5.82 Å². The highest BCUT2D eigenvalue weighted by Gasteiger charge is 2.30. The average Bonchev–Trinajstić information content (AvgIpc) is 3.14. The molecule has 6 heteroatoms. The molecule has 0 saturated carbocycles. The van der Waals surface area contributed by atoms with Gasteiger partial charge in [-0.15, -0.1) is 0 Å². The first kappa shape index (κ1) is 15.7. The maximum Gasteiger partial charge on any atom is 0.223 e. The number of rotatable bonds is 5. The third-order valence-corrected chi connectivity index (χ3v) is 4.41. The van der Waals surface area contributed by atoms with Crippen molar-refractivity contribution < 1.29 is 4.79 Å². The summed E-state index contributed by atoms with van der Waals surface area (Å²) in [6.45, 7) is 5.47. The van der Waals surface area contributed by atoms with Crippen molar-refractivity contribution in [2.75, 3.05) is 26.2 Å². The van der Waals surface area contributed by atoms with Gasteiger partial charge in [-0.25, -0.2) is 4.98 Å². The van der Waals surface area contributed by atoms with E-state index in [1.807, 2.05) is 29.3 Å². The van der Waals surface area contributed by atoms with E-state index >= 15 is 0 Å². The summed E-state index contributed by atoms with van der Waals surface area (Å²) in [6.07, 6.45) is 6.58. The summed E-state index contributed by atoms with van der Waals surface area (Å²) in [5.74, 6) is 1.14. The van der Waals surface area contributed by atoms with Gasteiger partial charge in [0.2, 0.25) is 5.91 Å². The van der Waals surface area contributed by atoms with E-state index in [-0.39, 0.29) is 11.9 Å². The van der Waals surface area contributed by atoms with Crippen molar-refractivity contribution in [2.45, 2.75) is 25.8 Å². The van der Waals surface area contributed by atoms with Crippen molar-refractivity contribution in [2.24, 2.45) is 0 Å². The fourth-order valence-corrected chi connectivity index (χ4v) is 3.08. The standard InChI is InChI=1S/C17H23N5O/c1-2-21-11-12-22(13-15(21)17-19-9-10-20-17)16(23)7-6-14-5-3-4-8-18-14/h3-5,8-10,15H,2,6-7,11-13H2,1H3,(H,19,20)/t15-/m1/s1. The molecule has 23 heavy (non-hydrogen) atoms. The molecule has 0 aromatic carbocycles. The number of likely N-dealkylation sites (N-methyl/N-ethyl adjacent to an activating group) is 1. The predicted octanol–water partition coefficient (Wildman–Crippen LogP) is 1.64. The van der Waals surface area contributed by atoms with Crippen LogP contribution < -0.4 is 0 Å². The second-order valence-corrected chi connectivity index (χ2v) is 5.78. The minimum atomic E-state index is 0.155. The largest absolute Gasteiger partial charge is 0.347 e. The van der Waals surface area contributed by atoms with Crippen LogP contribution in [0.1, 0.15) is 30.9 Å². The molecule has 0 unspecified atom stereocenters.